The molecule has 2 aliphatic rings. The molecule has 1 atom stereocenters. The Bertz CT molecular complexity index is 273. The van der Waals surface area contributed by atoms with Crippen molar-refractivity contribution < 1.29 is 5.11 Å². The second kappa shape index (κ2) is 5.96. The number of nitrogens with zero attached hydrogens (tertiary/aromatic N) is 1. The molecular weight excluding hydrogens is 234 g/mol. The highest BCUT2D eigenvalue weighted by atomic mass is 32.2. The smallest absolute Gasteiger partial charge is 0.191 e. The van der Waals surface area contributed by atoms with Crippen molar-refractivity contribution in [2.24, 2.45) is 4.99 Å². The van der Waals surface area contributed by atoms with E-state index < -0.39 is 5.60 Å². The Morgan fingerprint density at radius 1 is 1.41 bits per heavy atom. The molecule has 0 aromatic rings. The van der Waals surface area contributed by atoms with Crippen LogP contribution in [0.15, 0.2) is 4.99 Å². The van der Waals surface area contributed by atoms with Gasteiger partial charge in [0.25, 0.3) is 0 Å². The summed E-state index contributed by atoms with van der Waals surface area (Å²) >= 11 is 2.04. The van der Waals surface area contributed by atoms with Gasteiger partial charge in [0.15, 0.2) is 5.96 Å². The molecule has 2 fully saturated rings. The zero-order chi connectivity index (χ0) is 12.1. The third kappa shape index (κ3) is 3.78. The van der Waals surface area contributed by atoms with Crippen molar-refractivity contribution in [2.75, 3.05) is 25.9 Å². The molecule has 0 bridgehead atoms. The summed E-state index contributed by atoms with van der Waals surface area (Å²) in [6.07, 6.45) is 5.61. The molecule has 0 amide bonds. The fourth-order valence-corrected chi connectivity index (χ4v) is 3.45. The van der Waals surface area contributed by atoms with Gasteiger partial charge in [0.1, 0.15) is 0 Å². The van der Waals surface area contributed by atoms with Gasteiger partial charge in [-0.15, -0.1) is 0 Å². The molecule has 0 aromatic carbocycles. The number of nitrogens with one attached hydrogen (secondary N) is 2. The predicted molar refractivity (Wildman–Crippen MR) is 73.6 cm³/mol. The van der Waals surface area contributed by atoms with Crippen LogP contribution < -0.4 is 10.6 Å². The largest absolute Gasteiger partial charge is 0.388 e. The Hall–Kier alpha value is -0.420. The average Bonchev–Trinajstić information content (AvgIpc) is 2.80. The molecule has 1 heterocycles. The van der Waals surface area contributed by atoms with E-state index in [2.05, 4.69) is 15.6 Å². The van der Waals surface area contributed by atoms with E-state index in [4.69, 9.17) is 0 Å². The van der Waals surface area contributed by atoms with Gasteiger partial charge in [0.2, 0.25) is 0 Å². The summed E-state index contributed by atoms with van der Waals surface area (Å²) in [5.41, 5.74) is -0.486. The minimum absolute atomic E-state index is 0.486. The van der Waals surface area contributed by atoms with E-state index in [1.165, 1.54) is 18.6 Å². The molecule has 0 spiro atoms. The lowest BCUT2D eigenvalue weighted by molar-refractivity contribution is -0.0279. The standard InChI is InChI=1S/C12H23N3OS/c1-13-11(14-8-10-4-2-7-17-10)15-9-12(16)5-3-6-12/h10,16H,2-9H2,1H3,(H2,13,14,15). The lowest BCUT2D eigenvalue weighted by atomic mass is 9.80. The Balaban J connectivity index is 1.65. The molecule has 5 heteroatoms. The molecule has 0 aromatic heterocycles. The number of guanidine groups is 1. The molecule has 1 saturated heterocycles. The summed E-state index contributed by atoms with van der Waals surface area (Å²) in [4.78, 5) is 4.18. The van der Waals surface area contributed by atoms with Crippen molar-refractivity contribution in [3.05, 3.63) is 0 Å². The first-order chi connectivity index (χ1) is 8.22. The highest BCUT2D eigenvalue weighted by molar-refractivity contribution is 8.00. The van der Waals surface area contributed by atoms with E-state index in [-0.39, 0.29) is 0 Å². The summed E-state index contributed by atoms with van der Waals surface area (Å²) < 4.78 is 0. The molecule has 0 radical (unpaired) electrons. The fraction of sp³-hybridized carbons (Fsp3) is 0.917. The number of thioether (sulfide) groups is 1. The van der Waals surface area contributed by atoms with Gasteiger partial charge in [0.05, 0.1) is 5.60 Å². The van der Waals surface area contributed by atoms with Crippen LogP contribution in [0.2, 0.25) is 0 Å². The fourth-order valence-electron chi connectivity index (χ4n) is 2.25. The quantitative estimate of drug-likeness (QED) is 0.519. The van der Waals surface area contributed by atoms with Crippen LogP contribution >= 0.6 is 11.8 Å². The average molecular weight is 257 g/mol. The van der Waals surface area contributed by atoms with Crippen molar-refractivity contribution in [1.82, 2.24) is 10.6 Å². The number of hydrogen-bond acceptors (Lipinski definition) is 3. The van der Waals surface area contributed by atoms with Crippen molar-refractivity contribution in [3.63, 3.8) is 0 Å². The van der Waals surface area contributed by atoms with Gasteiger partial charge in [-0.25, -0.2) is 0 Å². The van der Waals surface area contributed by atoms with E-state index in [9.17, 15) is 5.11 Å². The molecule has 1 aliphatic heterocycles. The monoisotopic (exact) mass is 257 g/mol. The SMILES string of the molecule is CN=C(NCC1CCCS1)NCC1(O)CCC1. The van der Waals surface area contributed by atoms with E-state index in [1.807, 2.05) is 11.8 Å². The van der Waals surface area contributed by atoms with E-state index >= 15 is 0 Å². The topological polar surface area (TPSA) is 56.7 Å². The predicted octanol–water partition coefficient (Wildman–Crippen LogP) is 0.962. The van der Waals surface area contributed by atoms with Crippen LogP contribution in [0.4, 0.5) is 0 Å². The van der Waals surface area contributed by atoms with E-state index in [0.29, 0.717) is 6.54 Å². The van der Waals surface area contributed by atoms with Crippen LogP contribution in [0, 0.1) is 0 Å². The second-order valence-electron chi connectivity index (χ2n) is 5.02. The Labute approximate surface area is 108 Å². The maximum atomic E-state index is 9.98. The van der Waals surface area contributed by atoms with Crippen LogP contribution in [-0.4, -0.2) is 47.8 Å². The van der Waals surface area contributed by atoms with Gasteiger partial charge in [0, 0.05) is 25.4 Å². The first-order valence-electron chi connectivity index (χ1n) is 6.50. The van der Waals surface area contributed by atoms with Gasteiger partial charge in [-0.3, -0.25) is 4.99 Å². The normalized spacial score (nSPS) is 27.6. The highest BCUT2D eigenvalue weighted by Gasteiger charge is 2.34. The number of aliphatic imine (C=N–C) groups is 1. The number of rotatable bonds is 4. The van der Waals surface area contributed by atoms with Crippen molar-refractivity contribution >= 4 is 17.7 Å². The molecule has 1 unspecified atom stereocenters. The molecular formula is C12H23N3OS. The van der Waals surface area contributed by atoms with E-state index in [1.54, 1.807) is 7.05 Å². The van der Waals surface area contributed by atoms with Crippen LogP contribution in [0.25, 0.3) is 0 Å². The molecule has 98 valence electrons. The Morgan fingerprint density at radius 3 is 2.76 bits per heavy atom. The van der Waals surface area contributed by atoms with Crippen LogP contribution in [0.1, 0.15) is 32.1 Å². The van der Waals surface area contributed by atoms with Crippen LogP contribution in [0.3, 0.4) is 0 Å². The maximum Gasteiger partial charge on any atom is 0.191 e. The zero-order valence-electron chi connectivity index (χ0n) is 10.5. The third-order valence-electron chi connectivity index (χ3n) is 3.61. The third-order valence-corrected chi connectivity index (χ3v) is 5.01. The molecule has 1 aliphatic carbocycles. The molecule has 2 rings (SSSR count). The van der Waals surface area contributed by atoms with Gasteiger partial charge < -0.3 is 15.7 Å². The highest BCUT2D eigenvalue weighted by Crippen LogP contribution is 2.30. The maximum absolute atomic E-state index is 9.98. The van der Waals surface area contributed by atoms with Gasteiger partial charge >= 0.3 is 0 Å². The van der Waals surface area contributed by atoms with Crippen molar-refractivity contribution in [1.29, 1.82) is 0 Å². The lowest BCUT2D eigenvalue weighted by Gasteiger charge is -2.37. The number of aliphatic hydroxyl groups is 1. The minimum atomic E-state index is -0.486. The summed E-state index contributed by atoms with van der Waals surface area (Å²) in [7, 11) is 1.78. The van der Waals surface area contributed by atoms with Crippen LogP contribution in [0.5, 0.6) is 0 Å². The Morgan fingerprint density at radius 2 is 2.24 bits per heavy atom. The molecule has 4 nitrogen and oxygen atoms in total. The van der Waals surface area contributed by atoms with Gasteiger partial charge in [-0.2, -0.15) is 11.8 Å². The first kappa shape index (κ1) is 13.0. The summed E-state index contributed by atoms with van der Waals surface area (Å²) in [5.74, 6) is 2.11. The summed E-state index contributed by atoms with van der Waals surface area (Å²) in [6, 6.07) is 0. The van der Waals surface area contributed by atoms with Crippen LogP contribution in [-0.2, 0) is 0 Å². The van der Waals surface area contributed by atoms with Crippen molar-refractivity contribution in [2.45, 2.75) is 43.0 Å². The zero-order valence-corrected chi connectivity index (χ0v) is 11.4. The molecule has 3 N–H and O–H groups in total. The van der Waals surface area contributed by atoms with E-state index in [0.717, 1.165) is 37.0 Å². The van der Waals surface area contributed by atoms with Gasteiger partial charge in [-0.05, 0) is 37.9 Å². The van der Waals surface area contributed by atoms with Crippen molar-refractivity contribution in [3.8, 4) is 0 Å². The lowest BCUT2D eigenvalue weighted by Crippen LogP contribution is -2.51. The van der Waals surface area contributed by atoms with Gasteiger partial charge in [-0.1, -0.05) is 0 Å². The molecule has 17 heavy (non-hydrogen) atoms. The number of hydrogen-bond donors (Lipinski definition) is 3. The first-order valence-corrected chi connectivity index (χ1v) is 7.55. The molecule has 1 saturated carbocycles. The minimum Gasteiger partial charge on any atom is -0.388 e. The summed E-state index contributed by atoms with van der Waals surface area (Å²) in [6.45, 7) is 1.59. The Kier molecular flexibility index (Phi) is 4.56. The second-order valence-corrected chi connectivity index (χ2v) is 6.43. The summed E-state index contributed by atoms with van der Waals surface area (Å²) in [5, 5.41) is 17.3.